The summed E-state index contributed by atoms with van der Waals surface area (Å²) in [6, 6.07) is 12.0. The molecule has 1 amide bonds. The van der Waals surface area contributed by atoms with Crippen molar-refractivity contribution in [2.45, 2.75) is 30.7 Å². The van der Waals surface area contributed by atoms with Gasteiger partial charge in [0.1, 0.15) is 0 Å². The molecular weight excluding hydrogens is 394 g/mol. The van der Waals surface area contributed by atoms with E-state index in [1.807, 2.05) is 29.2 Å². The van der Waals surface area contributed by atoms with E-state index < -0.39 is 10.7 Å². The second-order valence-corrected chi connectivity index (χ2v) is 7.88. The number of non-ortho nitro benzene ring substituents is 1. The van der Waals surface area contributed by atoms with E-state index in [4.69, 9.17) is 4.42 Å². The zero-order valence-corrected chi connectivity index (χ0v) is 16.4. The van der Waals surface area contributed by atoms with Gasteiger partial charge in [-0.05, 0) is 36.8 Å². The van der Waals surface area contributed by atoms with Crippen molar-refractivity contribution in [3.63, 3.8) is 0 Å². The van der Waals surface area contributed by atoms with Crippen molar-refractivity contribution in [2.75, 3.05) is 17.2 Å². The van der Waals surface area contributed by atoms with E-state index >= 15 is 0 Å². The van der Waals surface area contributed by atoms with Crippen molar-refractivity contribution in [1.82, 2.24) is 4.57 Å². The van der Waals surface area contributed by atoms with Crippen LogP contribution in [0.4, 0.5) is 11.4 Å². The summed E-state index contributed by atoms with van der Waals surface area (Å²) in [5.41, 5.74) is 1.48. The van der Waals surface area contributed by atoms with E-state index in [1.54, 1.807) is 11.8 Å². The Morgan fingerprint density at radius 1 is 1.24 bits per heavy atom. The molecule has 1 aromatic heterocycles. The smallest absolute Gasteiger partial charge is 0.407 e. The molecule has 0 bridgehead atoms. The molecule has 29 heavy (non-hydrogen) atoms. The number of nitro groups is 1. The topological polar surface area (TPSA) is 98.6 Å². The number of oxazole rings is 1. The highest BCUT2D eigenvalue weighted by molar-refractivity contribution is 7.99. The number of hydrogen-bond donors (Lipinski definition) is 0. The molecule has 0 unspecified atom stereocenters. The molecule has 0 atom stereocenters. The highest BCUT2D eigenvalue weighted by Crippen LogP contribution is 2.34. The van der Waals surface area contributed by atoms with Gasteiger partial charge in [-0.1, -0.05) is 12.1 Å². The number of carbonyl (C=O) groups is 1. The van der Waals surface area contributed by atoms with Gasteiger partial charge < -0.3 is 9.32 Å². The lowest BCUT2D eigenvalue weighted by molar-refractivity contribution is -0.384. The van der Waals surface area contributed by atoms with E-state index in [9.17, 15) is 19.7 Å². The quantitative estimate of drug-likeness (QED) is 0.466. The summed E-state index contributed by atoms with van der Waals surface area (Å²) >= 11 is 1.76. The number of hydrogen-bond acceptors (Lipinski definition) is 6. The van der Waals surface area contributed by atoms with Crippen molar-refractivity contribution in [2.24, 2.45) is 0 Å². The van der Waals surface area contributed by atoms with Gasteiger partial charge in [-0.3, -0.25) is 19.5 Å². The first-order valence-electron chi connectivity index (χ1n) is 9.34. The van der Waals surface area contributed by atoms with Gasteiger partial charge in [-0.25, -0.2) is 4.79 Å². The molecule has 2 heterocycles. The number of benzene rings is 2. The second kappa shape index (κ2) is 8.12. The number of nitrogens with zero attached hydrogens (tertiary/aromatic N) is 3. The van der Waals surface area contributed by atoms with Crippen molar-refractivity contribution in [1.29, 1.82) is 0 Å². The second-order valence-electron chi connectivity index (χ2n) is 6.75. The Morgan fingerprint density at radius 2 is 2.07 bits per heavy atom. The Morgan fingerprint density at radius 3 is 2.90 bits per heavy atom. The van der Waals surface area contributed by atoms with Crippen LogP contribution < -0.4 is 10.7 Å². The molecule has 0 saturated heterocycles. The van der Waals surface area contributed by atoms with Gasteiger partial charge in [0.15, 0.2) is 5.58 Å². The van der Waals surface area contributed by atoms with E-state index in [2.05, 4.69) is 0 Å². The number of nitro benzene ring substituents is 1. The third kappa shape index (κ3) is 3.91. The minimum Gasteiger partial charge on any atom is -0.407 e. The number of rotatable bonds is 5. The van der Waals surface area contributed by atoms with Crippen LogP contribution in [0.3, 0.4) is 0 Å². The molecular formula is C20H19N3O5S. The van der Waals surface area contributed by atoms with Crippen LogP contribution in [0, 0.1) is 10.1 Å². The first-order valence-corrected chi connectivity index (χ1v) is 10.3. The van der Waals surface area contributed by atoms with Crippen LogP contribution >= 0.6 is 11.8 Å². The molecule has 0 fully saturated rings. The minimum absolute atomic E-state index is 0.0245. The lowest BCUT2D eigenvalue weighted by Crippen LogP contribution is -2.32. The maximum absolute atomic E-state index is 12.8. The van der Waals surface area contributed by atoms with Gasteiger partial charge >= 0.3 is 5.76 Å². The fourth-order valence-electron chi connectivity index (χ4n) is 3.49. The number of carbonyl (C=O) groups excluding carboxylic acids is 1. The number of aromatic nitrogens is 1. The largest absolute Gasteiger partial charge is 0.419 e. The highest BCUT2D eigenvalue weighted by Gasteiger charge is 2.21. The van der Waals surface area contributed by atoms with Crippen LogP contribution in [0.25, 0.3) is 11.1 Å². The molecule has 3 aromatic rings. The number of fused-ring (bicyclic) bond motifs is 2. The standard InChI is InChI=1S/C20H19N3O5S/c24-19(21-11-4-12-29-18-6-2-1-5-16(18)21)7-3-10-22-15-9-8-14(23(26)27)13-17(15)28-20(22)25/h1-2,5-6,8-9,13H,3-4,7,10-12H2. The summed E-state index contributed by atoms with van der Waals surface area (Å²) in [6.07, 6.45) is 1.69. The fourth-order valence-corrected chi connectivity index (χ4v) is 4.48. The van der Waals surface area contributed by atoms with Crippen molar-refractivity contribution < 1.29 is 14.1 Å². The zero-order valence-electron chi connectivity index (χ0n) is 15.6. The first kappa shape index (κ1) is 19.3. The summed E-state index contributed by atoms with van der Waals surface area (Å²) in [5.74, 6) is 0.421. The van der Waals surface area contributed by atoms with Gasteiger partial charge in [0.2, 0.25) is 5.91 Å². The van der Waals surface area contributed by atoms with E-state index in [1.165, 1.54) is 22.8 Å². The van der Waals surface area contributed by atoms with Crippen LogP contribution in [-0.4, -0.2) is 27.7 Å². The first-order chi connectivity index (χ1) is 14.0. The van der Waals surface area contributed by atoms with Crippen molar-refractivity contribution in [3.05, 3.63) is 63.1 Å². The molecule has 8 nitrogen and oxygen atoms in total. The monoisotopic (exact) mass is 413 g/mol. The molecule has 0 N–H and O–H groups in total. The number of thioether (sulfide) groups is 1. The van der Waals surface area contributed by atoms with Crippen LogP contribution in [0.5, 0.6) is 0 Å². The highest BCUT2D eigenvalue weighted by atomic mass is 32.2. The molecule has 0 radical (unpaired) electrons. The molecule has 0 aliphatic carbocycles. The molecule has 4 rings (SSSR count). The molecule has 2 aromatic carbocycles. The third-order valence-corrected chi connectivity index (χ3v) is 6.02. The molecule has 150 valence electrons. The van der Waals surface area contributed by atoms with E-state index in [0.717, 1.165) is 22.8 Å². The molecule has 9 heteroatoms. The van der Waals surface area contributed by atoms with Crippen molar-refractivity contribution >= 4 is 40.1 Å². The normalized spacial score (nSPS) is 13.9. The van der Waals surface area contributed by atoms with Gasteiger partial charge in [-0.15, -0.1) is 11.8 Å². The Hall–Kier alpha value is -3.07. The van der Waals surface area contributed by atoms with E-state index in [0.29, 0.717) is 31.4 Å². The Balaban J connectivity index is 1.47. The predicted octanol–water partition coefficient (Wildman–Crippen LogP) is 3.81. The maximum Gasteiger partial charge on any atom is 0.419 e. The number of aryl methyl sites for hydroxylation is 1. The molecule has 0 saturated carbocycles. The lowest BCUT2D eigenvalue weighted by atomic mass is 10.2. The third-order valence-electron chi connectivity index (χ3n) is 4.88. The maximum atomic E-state index is 12.8. The van der Waals surface area contributed by atoms with Crippen LogP contribution in [-0.2, 0) is 11.3 Å². The van der Waals surface area contributed by atoms with Gasteiger partial charge in [0.05, 0.1) is 22.2 Å². The molecule has 1 aliphatic rings. The molecule has 1 aliphatic heterocycles. The Labute approximate surface area is 170 Å². The Kier molecular flexibility index (Phi) is 5.39. The van der Waals surface area contributed by atoms with Crippen molar-refractivity contribution in [3.8, 4) is 0 Å². The Bertz CT molecular complexity index is 1140. The summed E-state index contributed by atoms with van der Waals surface area (Å²) < 4.78 is 6.55. The van der Waals surface area contributed by atoms with Gasteiger partial charge in [-0.2, -0.15) is 0 Å². The summed E-state index contributed by atoms with van der Waals surface area (Å²) in [7, 11) is 0. The number of para-hydroxylation sites is 1. The van der Waals surface area contributed by atoms with Crippen LogP contribution in [0.1, 0.15) is 19.3 Å². The summed E-state index contributed by atoms with van der Waals surface area (Å²) in [5, 5.41) is 10.9. The minimum atomic E-state index is -0.579. The van der Waals surface area contributed by atoms with E-state index in [-0.39, 0.29) is 17.2 Å². The summed E-state index contributed by atoms with van der Waals surface area (Å²) in [6.45, 7) is 0.987. The average Bonchev–Trinajstić information content (AvgIpc) is 2.88. The average molecular weight is 413 g/mol. The SMILES string of the molecule is O=C(CCCn1c(=O)oc2cc([N+](=O)[O-])ccc21)N1CCCSc2ccccc21. The lowest BCUT2D eigenvalue weighted by Gasteiger charge is -2.22. The fraction of sp³-hybridized carbons (Fsp3) is 0.300. The number of anilines is 1. The van der Waals surface area contributed by atoms with Crippen LogP contribution in [0.15, 0.2) is 56.6 Å². The molecule has 0 spiro atoms. The number of amides is 1. The zero-order chi connectivity index (χ0) is 20.4. The van der Waals surface area contributed by atoms with Crippen LogP contribution in [0.2, 0.25) is 0 Å². The predicted molar refractivity (Wildman–Crippen MR) is 110 cm³/mol. The van der Waals surface area contributed by atoms with Gasteiger partial charge in [0, 0.05) is 30.5 Å². The van der Waals surface area contributed by atoms with Gasteiger partial charge in [0.25, 0.3) is 5.69 Å². The summed E-state index contributed by atoms with van der Waals surface area (Å²) in [4.78, 5) is 38.3.